The van der Waals surface area contributed by atoms with Crippen LogP contribution in [0.15, 0.2) is 12.2 Å². The molecule has 3 nitrogen and oxygen atoms in total. The van der Waals surface area contributed by atoms with Gasteiger partial charge in [-0.15, -0.1) is 0 Å². The van der Waals surface area contributed by atoms with Crippen LogP contribution in [0.4, 0.5) is 13.2 Å². The van der Waals surface area contributed by atoms with Crippen LogP contribution in [0.25, 0.3) is 0 Å². The van der Waals surface area contributed by atoms with Crippen molar-refractivity contribution in [2.45, 2.75) is 90.4 Å². The lowest BCUT2D eigenvalue weighted by Gasteiger charge is -2.39. The van der Waals surface area contributed by atoms with E-state index in [-0.39, 0.29) is 5.04 Å². The predicted molar refractivity (Wildman–Crippen MR) is 92.3 cm³/mol. The monoisotopic (exact) mass is 368 g/mol. The molecule has 0 amide bonds. The van der Waals surface area contributed by atoms with Gasteiger partial charge in [0.2, 0.25) is 0 Å². The summed E-state index contributed by atoms with van der Waals surface area (Å²) in [7, 11) is -2.19. The highest BCUT2D eigenvalue weighted by molar-refractivity contribution is 6.74. The van der Waals surface area contributed by atoms with E-state index in [0.717, 1.165) is 19.3 Å². The molecule has 0 N–H and O–H groups in total. The SMILES string of the molecule is CCCC/C=C/[C@H](OC(=O)C(F)(F)F)[C@H](C)O[Si](C)(C)C(C)(C)C. The van der Waals surface area contributed by atoms with Crippen molar-refractivity contribution in [3.63, 3.8) is 0 Å². The number of alkyl halides is 3. The molecule has 0 unspecified atom stereocenters. The molecule has 0 aromatic carbocycles. The van der Waals surface area contributed by atoms with E-state index in [9.17, 15) is 18.0 Å². The molecule has 0 fully saturated rings. The van der Waals surface area contributed by atoms with E-state index in [4.69, 9.17) is 4.43 Å². The molecule has 0 aliphatic carbocycles. The number of carbonyl (C=O) groups excluding carboxylic acids is 1. The molecule has 0 radical (unpaired) electrons. The number of halogens is 3. The van der Waals surface area contributed by atoms with Crippen molar-refractivity contribution in [2.24, 2.45) is 0 Å². The maximum absolute atomic E-state index is 12.5. The molecule has 0 spiro atoms. The van der Waals surface area contributed by atoms with Crippen LogP contribution in [0.1, 0.15) is 53.9 Å². The summed E-state index contributed by atoms with van der Waals surface area (Å²) in [6.45, 7) is 13.8. The Hall–Kier alpha value is -0.823. The van der Waals surface area contributed by atoms with Crippen LogP contribution in [0, 0.1) is 0 Å². The van der Waals surface area contributed by atoms with Gasteiger partial charge in [0.1, 0.15) is 6.10 Å². The normalized spacial score (nSPS) is 16.2. The molecule has 0 bridgehead atoms. The lowest BCUT2D eigenvalue weighted by Crippen LogP contribution is -2.47. The third-order valence-corrected chi connectivity index (χ3v) is 8.85. The van der Waals surface area contributed by atoms with Gasteiger partial charge < -0.3 is 9.16 Å². The molecule has 0 aliphatic heterocycles. The first-order valence-electron chi connectivity index (χ1n) is 8.34. The summed E-state index contributed by atoms with van der Waals surface area (Å²) in [4.78, 5) is 11.2. The van der Waals surface area contributed by atoms with Crippen molar-refractivity contribution < 1.29 is 27.1 Å². The van der Waals surface area contributed by atoms with Gasteiger partial charge in [-0.25, -0.2) is 4.79 Å². The van der Waals surface area contributed by atoms with E-state index in [1.165, 1.54) is 6.08 Å². The van der Waals surface area contributed by atoms with E-state index in [2.05, 4.69) is 4.74 Å². The van der Waals surface area contributed by atoms with Crippen LogP contribution in [0.3, 0.4) is 0 Å². The summed E-state index contributed by atoms with van der Waals surface area (Å²) >= 11 is 0. The second-order valence-corrected chi connectivity index (χ2v) is 12.3. The highest BCUT2D eigenvalue weighted by Gasteiger charge is 2.44. The Balaban J connectivity index is 5.16. The summed E-state index contributed by atoms with van der Waals surface area (Å²) < 4.78 is 48.3. The van der Waals surface area contributed by atoms with Crippen molar-refractivity contribution in [2.75, 3.05) is 0 Å². The van der Waals surface area contributed by atoms with Crippen LogP contribution >= 0.6 is 0 Å². The minimum absolute atomic E-state index is 0.0915. The Morgan fingerprint density at radius 2 is 1.75 bits per heavy atom. The van der Waals surface area contributed by atoms with Crippen molar-refractivity contribution >= 4 is 14.3 Å². The zero-order chi connectivity index (χ0) is 19.2. The minimum atomic E-state index is -5.01. The van der Waals surface area contributed by atoms with Crippen molar-refractivity contribution in [1.29, 1.82) is 0 Å². The number of hydrogen-bond donors (Lipinski definition) is 0. The van der Waals surface area contributed by atoms with E-state index in [1.54, 1.807) is 13.0 Å². The average molecular weight is 369 g/mol. The molecule has 24 heavy (non-hydrogen) atoms. The van der Waals surface area contributed by atoms with Crippen molar-refractivity contribution in [1.82, 2.24) is 0 Å². The van der Waals surface area contributed by atoms with E-state index in [0.29, 0.717) is 0 Å². The summed E-state index contributed by atoms with van der Waals surface area (Å²) in [6, 6.07) is 0. The van der Waals surface area contributed by atoms with Crippen LogP contribution in [0.5, 0.6) is 0 Å². The van der Waals surface area contributed by atoms with Crippen LogP contribution in [0.2, 0.25) is 18.1 Å². The van der Waals surface area contributed by atoms with Gasteiger partial charge in [0.15, 0.2) is 8.32 Å². The highest BCUT2D eigenvalue weighted by atomic mass is 28.4. The number of ether oxygens (including phenoxy) is 1. The Morgan fingerprint density at radius 3 is 2.17 bits per heavy atom. The standard InChI is InChI=1S/C17H31F3O3Si/c1-8-9-10-11-12-14(22-15(21)17(18,19)20)13(2)23-24(6,7)16(3,4)5/h11-14H,8-10H2,1-7H3/b12-11+/t13-,14-/m0/s1. The Kier molecular flexibility index (Phi) is 8.73. The fourth-order valence-electron chi connectivity index (χ4n) is 1.74. The topological polar surface area (TPSA) is 35.5 Å². The Labute approximate surface area is 144 Å². The summed E-state index contributed by atoms with van der Waals surface area (Å²) in [6.07, 6.45) is -0.808. The molecule has 0 aromatic rings. The van der Waals surface area contributed by atoms with Gasteiger partial charge in [-0.3, -0.25) is 0 Å². The first-order valence-corrected chi connectivity index (χ1v) is 11.3. The number of rotatable bonds is 8. The summed E-state index contributed by atoms with van der Waals surface area (Å²) in [5.74, 6) is -2.18. The van der Waals surface area contributed by atoms with Crippen molar-refractivity contribution in [3.8, 4) is 0 Å². The lowest BCUT2D eigenvalue weighted by molar-refractivity contribution is -0.205. The van der Waals surface area contributed by atoms with Gasteiger partial charge in [-0.2, -0.15) is 13.2 Å². The number of hydrogen-bond acceptors (Lipinski definition) is 3. The van der Waals surface area contributed by atoms with Gasteiger partial charge in [0.05, 0.1) is 6.10 Å². The predicted octanol–water partition coefficient (Wildman–Crippen LogP) is 5.62. The van der Waals surface area contributed by atoms with E-state index >= 15 is 0 Å². The average Bonchev–Trinajstić information content (AvgIpc) is 2.38. The first-order chi connectivity index (χ1) is 10.7. The summed E-state index contributed by atoms with van der Waals surface area (Å²) in [5.41, 5.74) is 0. The number of carbonyl (C=O) groups is 1. The maximum Gasteiger partial charge on any atom is 0.490 e. The third kappa shape index (κ3) is 7.83. The maximum atomic E-state index is 12.5. The number of allylic oxidation sites excluding steroid dienone is 1. The molecular weight excluding hydrogens is 337 g/mol. The zero-order valence-electron chi connectivity index (χ0n) is 15.8. The van der Waals surface area contributed by atoms with Gasteiger partial charge in [-0.1, -0.05) is 46.6 Å². The van der Waals surface area contributed by atoms with Crippen LogP contribution < -0.4 is 0 Å². The number of esters is 1. The molecule has 0 saturated heterocycles. The fraction of sp³-hybridized carbons (Fsp3) is 0.824. The molecule has 0 saturated carbocycles. The first kappa shape index (κ1) is 23.2. The third-order valence-electron chi connectivity index (χ3n) is 4.27. The lowest BCUT2D eigenvalue weighted by atomic mass is 10.1. The van der Waals surface area contributed by atoms with Crippen molar-refractivity contribution in [3.05, 3.63) is 12.2 Å². The van der Waals surface area contributed by atoms with Crippen LogP contribution in [-0.2, 0) is 14.0 Å². The minimum Gasteiger partial charge on any atom is -0.449 e. The second-order valence-electron chi connectivity index (χ2n) is 7.52. The molecule has 0 aromatic heterocycles. The largest absolute Gasteiger partial charge is 0.490 e. The zero-order valence-corrected chi connectivity index (χ0v) is 16.8. The fourth-order valence-corrected chi connectivity index (χ4v) is 3.16. The van der Waals surface area contributed by atoms with Gasteiger partial charge in [0, 0.05) is 0 Å². The molecule has 0 aliphatic rings. The smallest absolute Gasteiger partial charge is 0.449 e. The Morgan fingerprint density at radius 1 is 1.21 bits per heavy atom. The van der Waals surface area contributed by atoms with Crippen LogP contribution in [-0.4, -0.2) is 32.7 Å². The summed E-state index contributed by atoms with van der Waals surface area (Å²) in [5, 5.41) is -0.0915. The second kappa shape index (κ2) is 9.04. The highest BCUT2D eigenvalue weighted by Crippen LogP contribution is 2.38. The number of unbranched alkanes of at least 4 members (excludes halogenated alkanes) is 2. The Bertz CT molecular complexity index is 426. The molecular formula is C17H31F3O3Si. The molecule has 142 valence electrons. The molecule has 0 heterocycles. The van der Waals surface area contributed by atoms with E-state index < -0.39 is 32.7 Å². The van der Waals surface area contributed by atoms with Gasteiger partial charge >= 0.3 is 12.1 Å². The molecule has 0 rings (SSSR count). The van der Waals surface area contributed by atoms with Gasteiger partial charge in [0.25, 0.3) is 0 Å². The van der Waals surface area contributed by atoms with E-state index in [1.807, 2.05) is 40.8 Å². The molecule has 2 atom stereocenters. The quantitative estimate of drug-likeness (QED) is 0.241. The molecule has 7 heteroatoms. The van der Waals surface area contributed by atoms with Gasteiger partial charge in [-0.05, 0) is 37.6 Å².